The molecule has 7 heteroatoms. The number of rotatable bonds is 4. The molecular formula is C17H25N3O4. The second-order valence-corrected chi connectivity index (χ2v) is 6.85. The molecule has 1 aromatic rings. The van der Waals surface area contributed by atoms with Crippen LogP contribution < -0.4 is 0 Å². The van der Waals surface area contributed by atoms with Crippen LogP contribution in [0.4, 0.5) is 5.88 Å². The quantitative estimate of drug-likeness (QED) is 0.624. The maximum atomic E-state index is 12.5. The van der Waals surface area contributed by atoms with E-state index in [1.165, 1.54) is 44.2 Å². The first kappa shape index (κ1) is 17.0. The number of nitrogens with zero attached hydrogens (tertiary/aromatic N) is 3. The summed E-state index contributed by atoms with van der Waals surface area (Å²) in [5.41, 5.74) is 0. The third-order valence-electron chi connectivity index (χ3n) is 5.10. The molecule has 1 amide bonds. The van der Waals surface area contributed by atoms with Crippen molar-refractivity contribution in [2.75, 3.05) is 32.7 Å². The van der Waals surface area contributed by atoms with Crippen LogP contribution >= 0.6 is 0 Å². The summed E-state index contributed by atoms with van der Waals surface area (Å²) in [6, 6.07) is 2.63. The minimum absolute atomic E-state index is 0.0578. The van der Waals surface area contributed by atoms with Crippen LogP contribution in [-0.4, -0.2) is 53.4 Å². The molecule has 2 heterocycles. The molecule has 2 fully saturated rings. The van der Waals surface area contributed by atoms with Crippen LogP contribution in [0.15, 0.2) is 16.5 Å². The van der Waals surface area contributed by atoms with Crippen molar-refractivity contribution in [2.24, 2.45) is 5.92 Å². The molecule has 1 saturated heterocycles. The minimum atomic E-state index is -0.620. The molecule has 24 heavy (non-hydrogen) atoms. The van der Waals surface area contributed by atoms with Gasteiger partial charge in [0, 0.05) is 26.2 Å². The lowest BCUT2D eigenvalue weighted by Gasteiger charge is -2.28. The Hall–Kier alpha value is -1.89. The number of carbonyl (C=O) groups excluding carboxylic acids is 1. The average molecular weight is 335 g/mol. The highest BCUT2D eigenvalue weighted by Gasteiger charge is 2.25. The zero-order valence-corrected chi connectivity index (χ0v) is 14.0. The largest absolute Gasteiger partial charge is 0.433 e. The maximum absolute atomic E-state index is 12.5. The Morgan fingerprint density at radius 2 is 1.92 bits per heavy atom. The van der Waals surface area contributed by atoms with Crippen molar-refractivity contribution in [1.82, 2.24) is 9.80 Å². The van der Waals surface area contributed by atoms with Crippen molar-refractivity contribution < 1.29 is 14.1 Å². The van der Waals surface area contributed by atoms with Crippen molar-refractivity contribution >= 4 is 11.8 Å². The lowest BCUT2D eigenvalue weighted by molar-refractivity contribution is -0.402. The molecule has 0 aromatic carbocycles. The van der Waals surface area contributed by atoms with Gasteiger partial charge in [-0.2, -0.15) is 0 Å². The fourth-order valence-corrected chi connectivity index (χ4v) is 3.79. The van der Waals surface area contributed by atoms with Crippen LogP contribution in [-0.2, 0) is 0 Å². The van der Waals surface area contributed by atoms with E-state index in [4.69, 9.17) is 4.42 Å². The fraction of sp³-hybridized carbons (Fsp3) is 0.706. The van der Waals surface area contributed by atoms with Gasteiger partial charge in [-0.3, -0.25) is 14.9 Å². The lowest BCUT2D eigenvalue weighted by atomic mass is 9.89. The second kappa shape index (κ2) is 7.79. The Bertz CT molecular complexity index is 580. The molecule has 1 aliphatic heterocycles. The van der Waals surface area contributed by atoms with Gasteiger partial charge in [-0.15, -0.1) is 0 Å². The van der Waals surface area contributed by atoms with E-state index in [1.807, 2.05) is 0 Å². The monoisotopic (exact) mass is 335 g/mol. The van der Waals surface area contributed by atoms with Crippen LogP contribution in [0.5, 0.6) is 0 Å². The molecule has 0 atom stereocenters. The Labute approximate surface area is 141 Å². The molecule has 0 radical (unpaired) electrons. The standard InChI is InChI=1S/C17H25N3O4/c21-17(15-7-8-16(24-15)20(22)23)19-10-4-9-18(11-12-19)13-14-5-2-1-3-6-14/h7-8,14H,1-6,9-13H2. The number of nitro groups is 1. The van der Waals surface area contributed by atoms with Crippen molar-refractivity contribution in [2.45, 2.75) is 38.5 Å². The van der Waals surface area contributed by atoms with Gasteiger partial charge >= 0.3 is 5.88 Å². The summed E-state index contributed by atoms with van der Waals surface area (Å²) >= 11 is 0. The molecule has 0 bridgehead atoms. The van der Waals surface area contributed by atoms with Gasteiger partial charge in [0.1, 0.15) is 4.92 Å². The maximum Gasteiger partial charge on any atom is 0.433 e. The topological polar surface area (TPSA) is 79.8 Å². The number of carbonyl (C=O) groups is 1. The average Bonchev–Trinajstić information content (AvgIpc) is 2.97. The van der Waals surface area contributed by atoms with Gasteiger partial charge in [-0.05, 0) is 37.8 Å². The summed E-state index contributed by atoms with van der Waals surface area (Å²) in [4.78, 5) is 26.8. The summed E-state index contributed by atoms with van der Waals surface area (Å²) < 4.78 is 5.05. The van der Waals surface area contributed by atoms with E-state index in [9.17, 15) is 14.9 Å². The van der Waals surface area contributed by atoms with Gasteiger partial charge in [0.05, 0.1) is 6.07 Å². The summed E-state index contributed by atoms with van der Waals surface area (Å²) in [6.45, 7) is 4.34. The molecule has 132 valence electrons. The van der Waals surface area contributed by atoms with E-state index < -0.39 is 4.92 Å². The van der Waals surface area contributed by atoms with E-state index in [-0.39, 0.29) is 17.6 Å². The molecule has 0 N–H and O–H groups in total. The molecule has 1 aliphatic carbocycles. The normalized spacial score (nSPS) is 20.8. The lowest BCUT2D eigenvalue weighted by Crippen LogP contribution is -2.36. The summed E-state index contributed by atoms with van der Waals surface area (Å²) in [5, 5.41) is 10.7. The van der Waals surface area contributed by atoms with Gasteiger partial charge in [-0.25, -0.2) is 0 Å². The van der Waals surface area contributed by atoms with Gasteiger partial charge in [0.15, 0.2) is 5.76 Å². The van der Waals surface area contributed by atoms with Gasteiger partial charge < -0.3 is 14.2 Å². The van der Waals surface area contributed by atoms with Crippen LogP contribution in [0.25, 0.3) is 0 Å². The summed E-state index contributed by atoms with van der Waals surface area (Å²) in [7, 11) is 0. The number of amides is 1. The van der Waals surface area contributed by atoms with Crippen LogP contribution in [0.2, 0.25) is 0 Å². The molecule has 2 aliphatic rings. The Balaban J connectivity index is 1.54. The SMILES string of the molecule is O=C(c1ccc([N+](=O)[O-])o1)N1CCCN(CC2CCCCC2)CC1. The van der Waals surface area contributed by atoms with Crippen molar-refractivity contribution in [1.29, 1.82) is 0 Å². The summed E-state index contributed by atoms with van der Waals surface area (Å²) in [5.74, 6) is 0.228. The summed E-state index contributed by atoms with van der Waals surface area (Å²) in [6.07, 6.45) is 7.65. The number of furan rings is 1. The van der Waals surface area contributed by atoms with Gasteiger partial charge in [0.2, 0.25) is 0 Å². The first-order valence-corrected chi connectivity index (χ1v) is 8.89. The highest BCUT2D eigenvalue weighted by Crippen LogP contribution is 2.25. The zero-order chi connectivity index (χ0) is 16.9. The van der Waals surface area contributed by atoms with E-state index in [0.717, 1.165) is 32.0 Å². The predicted octanol–water partition coefficient (Wildman–Crippen LogP) is 2.92. The van der Waals surface area contributed by atoms with Crippen molar-refractivity contribution in [3.05, 3.63) is 28.0 Å². The smallest absolute Gasteiger partial charge is 0.395 e. The second-order valence-electron chi connectivity index (χ2n) is 6.85. The van der Waals surface area contributed by atoms with Crippen LogP contribution in [0.1, 0.15) is 49.1 Å². The molecular weight excluding hydrogens is 310 g/mol. The van der Waals surface area contributed by atoms with Gasteiger partial charge in [-0.1, -0.05) is 19.3 Å². The minimum Gasteiger partial charge on any atom is -0.395 e. The van der Waals surface area contributed by atoms with Crippen molar-refractivity contribution in [3.8, 4) is 0 Å². The highest BCUT2D eigenvalue weighted by molar-refractivity contribution is 5.91. The predicted molar refractivity (Wildman–Crippen MR) is 88.9 cm³/mol. The van der Waals surface area contributed by atoms with Crippen molar-refractivity contribution in [3.63, 3.8) is 0 Å². The first-order valence-electron chi connectivity index (χ1n) is 8.89. The van der Waals surface area contributed by atoms with Gasteiger partial charge in [0.25, 0.3) is 5.91 Å². The fourth-order valence-electron chi connectivity index (χ4n) is 3.79. The Morgan fingerprint density at radius 3 is 2.62 bits per heavy atom. The Kier molecular flexibility index (Phi) is 5.50. The molecule has 0 unspecified atom stereocenters. The third-order valence-corrected chi connectivity index (χ3v) is 5.10. The van der Waals surface area contributed by atoms with E-state index in [0.29, 0.717) is 13.1 Å². The molecule has 0 spiro atoms. The van der Waals surface area contributed by atoms with E-state index >= 15 is 0 Å². The molecule has 3 rings (SSSR count). The first-order chi connectivity index (χ1) is 11.6. The van der Waals surface area contributed by atoms with E-state index in [2.05, 4.69) is 4.90 Å². The Morgan fingerprint density at radius 1 is 1.12 bits per heavy atom. The molecule has 1 saturated carbocycles. The van der Waals surface area contributed by atoms with E-state index in [1.54, 1.807) is 4.90 Å². The highest BCUT2D eigenvalue weighted by atomic mass is 16.6. The number of hydrogen-bond donors (Lipinski definition) is 0. The van der Waals surface area contributed by atoms with Crippen LogP contribution in [0.3, 0.4) is 0 Å². The molecule has 7 nitrogen and oxygen atoms in total. The third kappa shape index (κ3) is 4.14. The zero-order valence-electron chi connectivity index (χ0n) is 14.0. The molecule has 1 aromatic heterocycles. The van der Waals surface area contributed by atoms with Crippen LogP contribution in [0, 0.1) is 16.0 Å². The number of hydrogen-bond acceptors (Lipinski definition) is 5.